The van der Waals surface area contributed by atoms with Crippen molar-refractivity contribution in [2.75, 3.05) is 10.6 Å². The van der Waals surface area contributed by atoms with Crippen molar-refractivity contribution in [2.24, 2.45) is 5.92 Å². The molecule has 176 valence electrons. The number of benzene rings is 2. The van der Waals surface area contributed by atoms with Gasteiger partial charge in [0.25, 0.3) is 5.91 Å². The number of thiazole rings is 2. The number of hydrogen-bond donors (Lipinski definition) is 2. The largest absolute Gasteiger partial charge is 0.416 e. The van der Waals surface area contributed by atoms with Crippen LogP contribution in [0.15, 0.2) is 53.4 Å². The van der Waals surface area contributed by atoms with Gasteiger partial charge in [-0.3, -0.25) is 9.59 Å². The molecule has 0 fully saturated rings. The van der Waals surface area contributed by atoms with Gasteiger partial charge in [0.2, 0.25) is 5.91 Å². The molecule has 0 saturated heterocycles. The Morgan fingerprint density at radius 1 is 1.06 bits per heavy atom. The van der Waals surface area contributed by atoms with E-state index in [1.54, 1.807) is 42.9 Å². The van der Waals surface area contributed by atoms with E-state index >= 15 is 0 Å². The molecule has 1 unspecified atom stereocenters. The average Bonchev–Trinajstić information content (AvgIpc) is 3.42. The molecule has 34 heavy (non-hydrogen) atoms. The molecule has 6 nitrogen and oxygen atoms in total. The molecule has 0 saturated carbocycles. The number of fused-ring (bicyclic) bond motifs is 1. The number of hydrogen-bond acceptors (Lipinski definition) is 6. The smallest absolute Gasteiger partial charge is 0.321 e. The van der Waals surface area contributed by atoms with Crippen LogP contribution in [0.3, 0.4) is 0 Å². The number of nitrogens with one attached hydrogen (secondary N) is 2. The van der Waals surface area contributed by atoms with Gasteiger partial charge in [-0.1, -0.05) is 43.4 Å². The first kappa shape index (κ1) is 23.8. The first-order valence-electron chi connectivity index (χ1n) is 10.2. The van der Waals surface area contributed by atoms with Crippen molar-refractivity contribution in [3.63, 3.8) is 0 Å². The minimum atomic E-state index is -4.49. The van der Waals surface area contributed by atoms with E-state index in [9.17, 15) is 22.8 Å². The van der Waals surface area contributed by atoms with E-state index in [0.29, 0.717) is 22.0 Å². The first-order chi connectivity index (χ1) is 16.1. The van der Waals surface area contributed by atoms with Gasteiger partial charge in [0, 0.05) is 11.1 Å². The molecule has 2 N–H and O–H groups in total. The van der Waals surface area contributed by atoms with E-state index in [1.165, 1.54) is 34.8 Å². The summed E-state index contributed by atoms with van der Waals surface area (Å²) < 4.78 is 40.2. The van der Waals surface area contributed by atoms with Crippen molar-refractivity contribution in [3.05, 3.63) is 70.2 Å². The van der Waals surface area contributed by atoms with Crippen LogP contribution in [-0.4, -0.2) is 21.8 Å². The highest BCUT2D eigenvalue weighted by Gasteiger charge is 2.32. The number of carbonyl (C=O) groups excluding carboxylic acids is 2. The molecule has 2 amide bonds. The maximum atomic E-state index is 13.2. The number of halogens is 3. The third-order valence-corrected chi connectivity index (χ3v) is 6.58. The van der Waals surface area contributed by atoms with Crippen LogP contribution in [0.4, 0.5) is 24.0 Å². The molecule has 4 rings (SSSR count). The SMILES string of the molecule is CC(C)C(C(=O)Nc1nc2ccc(NC(=O)c3cscn3)cc2s1)c1cccc(C(F)(F)F)c1. The standard InChI is InChI=1S/C23H19F3N4O2S2/c1-12(2)19(13-4-3-5-14(8-13)23(24,25)26)21(32)30-22-29-16-7-6-15(9-18(16)34-22)28-20(31)17-10-33-11-27-17/h3-12,19H,1-2H3,(H,28,31)(H,29,30,32). The van der Waals surface area contributed by atoms with Gasteiger partial charge in [0.15, 0.2) is 5.13 Å². The Morgan fingerprint density at radius 2 is 1.85 bits per heavy atom. The second kappa shape index (κ2) is 9.51. The Bertz CT molecular complexity index is 1330. The Kier molecular flexibility index (Phi) is 6.67. The molecule has 4 aromatic rings. The lowest BCUT2D eigenvalue weighted by atomic mass is 9.87. The maximum absolute atomic E-state index is 13.2. The summed E-state index contributed by atoms with van der Waals surface area (Å²) in [6.45, 7) is 3.56. The van der Waals surface area contributed by atoms with Crippen molar-refractivity contribution in [2.45, 2.75) is 25.9 Å². The van der Waals surface area contributed by atoms with Crippen LogP contribution in [0, 0.1) is 5.92 Å². The molecule has 0 spiro atoms. The molecule has 0 aliphatic carbocycles. The summed E-state index contributed by atoms with van der Waals surface area (Å²) in [6.07, 6.45) is -4.49. The quantitative estimate of drug-likeness (QED) is 0.318. The number of aromatic nitrogens is 2. The van der Waals surface area contributed by atoms with Gasteiger partial charge in [0.1, 0.15) is 5.69 Å². The predicted octanol–water partition coefficient (Wildman–Crippen LogP) is 6.40. The summed E-state index contributed by atoms with van der Waals surface area (Å²) in [5.74, 6) is -1.81. The number of carbonyl (C=O) groups is 2. The number of amides is 2. The van der Waals surface area contributed by atoms with E-state index in [2.05, 4.69) is 20.6 Å². The Hall–Kier alpha value is -3.31. The Morgan fingerprint density at radius 3 is 2.53 bits per heavy atom. The van der Waals surface area contributed by atoms with E-state index in [4.69, 9.17) is 0 Å². The molecule has 2 heterocycles. The fourth-order valence-corrected chi connectivity index (χ4v) is 4.95. The van der Waals surface area contributed by atoms with Gasteiger partial charge in [-0.05, 0) is 35.7 Å². The maximum Gasteiger partial charge on any atom is 0.416 e. The lowest BCUT2D eigenvalue weighted by Gasteiger charge is -2.21. The van der Waals surface area contributed by atoms with E-state index in [0.717, 1.165) is 16.8 Å². The molecule has 0 radical (unpaired) electrons. The van der Waals surface area contributed by atoms with Gasteiger partial charge in [-0.2, -0.15) is 13.2 Å². The molecule has 0 aliphatic heterocycles. The van der Waals surface area contributed by atoms with Crippen molar-refractivity contribution >= 4 is 55.5 Å². The molecule has 11 heteroatoms. The highest BCUT2D eigenvalue weighted by atomic mass is 32.1. The summed E-state index contributed by atoms with van der Waals surface area (Å²) >= 11 is 2.53. The van der Waals surface area contributed by atoms with Crippen molar-refractivity contribution in [1.29, 1.82) is 0 Å². The van der Waals surface area contributed by atoms with Crippen LogP contribution >= 0.6 is 22.7 Å². The second-order valence-electron chi connectivity index (χ2n) is 7.86. The van der Waals surface area contributed by atoms with Gasteiger partial charge in [0.05, 0.1) is 27.2 Å². The number of alkyl halides is 3. The molecule has 2 aromatic carbocycles. The summed E-state index contributed by atoms with van der Waals surface area (Å²) in [7, 11) is 0. The normalized spacial score (nSPS) is 12.6. The van der Waals surface area contributed by atoms with Crippen LogP contribution in [0.1, 0.15) is 41.4 Å². The number of anilines is 2. The Labute approximate surface area is 200 Å². The zero-order chi connectivity index (χ0) is 24.5. The average molecular weight is 505 g/mol. The van der Waals surface area contributed by atoms with Gasteiger partial charge < -0.3 is 10.6 Å². The zero-order valence-electron chi connectivity index (χ0n) is 18.0. The van der Waals surface area contributed by atoms with Gasteiger partial charge in [-0.25, -0.2) is 9.97 Å². The molecular weight excluding hydrogens is 485 g/mol. The van der Waals surface area contributed by atoms with Crippen LogP contribution in [-0.2, 0) is 11.0 Å². The third kappa shape index (κ3) is 5.26. The predicted molar refractivity (Wildman–Crippen MR) is 127 cm³/mol. The molecule has 0 aliphatic rings. The van der Waals surface area contributed by atoms with Gasteiger partial charge >= 0.3 is 6.18 Å². The van der Waals surface area contributed by atoms with E-state index in [1.807, 2.05) is 0 Å². The first-order valence-corrected chi connectivity index (χ1v) is 12.0. The summed E-state index contributed by atoms with van der Waals surface area (Å²) in [4.78, 5) is 33.6. The summed E-state index contributed by atoms with van der Waals surface area (Å²) in [5.41, 5.74) is 2.55. The highest BCUT2D eigenvalue weighted by molar-refractivity contribution is 7.22. The van der Waals surface area contributed by atoms with Crippen LogP contribution < -0.4 is 10.6 Å². The summed E-state index contributed by atoms with van der Waals surface area (Å²) in [6, 6.07) is 9.97. The lowest BCUT2D eigenvalue weighted by Crippen LogP contribution is -2.25. The summed E-state index contributed by atoms with van der Waals surface area (Å²) in [5, 5.41) is 7.47. The topological polar surface area (TPSA) is 84.0 Å². The monoisotopic (exact) mass is 504 g/mol. The van der Waals surface area contributed by atoms with Crippen molar-refractivity contribution < 1.29 is 22.8 Å². The number of nitrogens with zero attached hydrogens (tertiary/aromatic N) is 2. The highest BCUT2D eigenvalue weighted by Crippen LogP contribution is 2.34. The van der Waals surface area contributed by atoms with Crippen molar-refractivity contribution in [1.82, 2.24) is 9.97 Å². The molecule has 2 aromatic heterocycles. The van der Waals surface area contributed by atoms with Crippen LogP contribution in [0.25, 0.3) is 10.2 Å². The van der Waals surface area contributed by atoms with Gasteiger partial charge in [-0.15, -0.1) is 11.3 Å². The molecule has 0 bridgehead atoms. The van der Waals surface area contributed by atoms with Crippen LogP contribution in [0.2, 0.25) is 0 Å². The molecular formula is C23H19F3N4O2S2. The lowest BCUT2D eigenvalue weighted by molar-refractivity contribution is -0.137. The van der Waals surface area contributed by atoms with Crippen LogP contribution in [0.5, 0.6) is 0 Å². The minimum absolute atomic E-state index is 0.245. The third-order valence-electron chi connectivity index (χ3n) is 5.06. The fraction of sp³-hybridized carbons (Fsp3) is 0.217. The Balaban J connectivity index is 1.53. The second-order valence-corrected chi connectivity index (χ2v) is 9.61. The van der Waals surface area contributed by atoms with E-state index in [-0.39, 0.29) is 17.4 Å². The van der Waals surface area contributed by atoms with Crippen molar-refractivity contribution in [3.8, 4) is 0 Å². The number of rotatable bonds is 6. The van der Waals surface area contributed by atoms with E-state index < -0.39 is 23.6 Å². The fourth-order valence-electron chi connectivity index (χ4n) is 3.51. The zero-order valence-corrected chi connectivity index (χ0v) is 19.6. The minimum Gasteiger partial charge on any atom is -0.321 e. The molecule has 1 atom stereocenters.